The van der Waals surface area contributed by atoms with Gasteiger partial charge in [-0.3, -0.25) is 4.98 Å². The fourth-order valence-electron chi connectivity index (χ4n) is 2.81. The molecule has 1 unspecified atom stereocenters. The van der Waals surface area contributed by atoms with E-state index in [1.165, 1.54) is 31.5 Å². The lowest BCUT2D eigenvalue weighted by atomic mass is 9.74. The summed E-state index contributed by atoms with van der Waals surface area (Å²) in [7, 11) is 0. The predicted molar refractivity (Wildman–Crippen MR) is 73.2 cm³/mol. The summed E-state index contributed by atoms with van der Waals surface area (Å²) in [4.78, 5) is 4.09. The molecule has 1 heterocycles. The summed E-state index contributed by atoms with van der Waals surface area (Å²) in [5.41, 5.74) is 0.859. The van der Waals surface area contributed by atoms with E-state index in [9.17, 15) is 9.50 Å². The Morgan fingerprint density at radius 1 is 1.37 bits per heavy atom. The molecule has 1 aromatic rings. The number of aliphatic hydroxyl groups excluding tert-OH is 1. The maximum Gasteiger partial charge on any atom is 0.141 e. The van der Waals surface area contributed by atoms with Crippen LogP contribution in [0.2, 0.25) is 0 Å². The standard InChI is InChI=1S/C15H23FN2O/c1-12(14-6-5-13(16)9-17-14)18-10-15(11-19)7-3-2-4-8-15/h5-6,9,12,18-19H,2-4,7-8,10-11H2,1H3. The summed E-state index contributed by atoms with van der Waals surface area (Å²) in [5.74, 6) is -0.310. The number of aliphatic hydroxyl groups is 1. The SMILES string of the molecule is CC(NCC1(CO)CCCCC1)c1ccc(F)cn1. The maximum atomic E-state index is 12.8. The van der Waals surface area contributed by atoms with E-state index < -0.39 is 0 Å². The molecule has 0 aliphatic heterocycles. The monoisotopic (exact) mass is 266 g/mol. The highest BCUT2D eigenvalue weighted by molar-refractivity contribution is 5.09. The van der Waals surface area contributed by atoms with Crippen LogP contribution in [0.5, 0.6) is 0 Å². The molecule has 0 aromatic carbocycles. The van der Waals surface area contributed by atoms with E-state index in [-0.39, 0.29) is 23.9 Å². The molecule has 1 aliphatic carbocycles. The largest absolute Gasteiger partial charge is 0.396 e. The van der Waals surface area contributed by atoms with Crippen molar-refractivity contribution in [3.05, 3.63) is 29.8 Å². The molecule has 1 aliphatic rings. The lowest BCUT2D eigenvalue weighted by Crippen LogP contribution is -2.40. The number of hydrogen-bond donors (Lipinski definition) is 2. The van der Waals surface area contributed by atoms with Gasteiger partial charge < -0.3 is 10.4 Å². The Morgan fingerprint density at radius 3 is 2.68 bits per heavy atom. The van der Waals surface area contributed by atoms with Gasteiger partial charge in [0, 0.05) is 24.6 Å². The molecule has 106 valence electrons. The van der Waals surface area contributed by atoms with Gasteiger partial charge in [0.2, 0.25) is 0 Å². The Labute approximate surface area is 114 Å². The minimum atomic E-state index is -0.310. The Bertz CT molecular complexity index is 388. The number of pyridine rings is 1. The van der Waals surface area contributed by atoms with Gasteiger partial charge >= 0.3 is 0 Å². The second-order valence-electron chi connectivity index (χ2n) is 5.72. The highest BCUT2D eigenvalue weighted by atomic mass is 19.1. The Balaban J connectivity index is 1.91. The quantitative estimate of drug-likeness (QED) is 0.861. The van der Waals surface area contributed by atoms with E-state index in [2.05, 4.69) is 10.3 Å². The van der Waals surface area contributed by atoms with E-state index in [1.54, 1.807) is 6.07 Å². The fourth-order valence-corrected chi connectivity index (χ4v) is 2.81. The van der Waals surface area contributed by atoms with Crippen LogP contribution in [0.3, 0.4) is 0 Å². The maximum absolute atomic E-state index is 12.8. The van der Waals surface area contributed by atoms with E-state index in [0.717, 1.165) is 25.1 Å². The minimum Gasteiger partial charge on any atom is -0.396 e. The van der Waals surface area contributed by atoms with E-state index in [1.807, 2.05) is 6.92 Å². The smallest absolute Gasteiger partial charge is 0.141 e. The number of nitrogens with one attached hydrogen (secondary N) is 1. The second-order valence-corrected chi connectivity index (χ2v) is 5.72. The Morgan fingerprint density at radius 2 is 2.11 bits per heavy atom. The molecule has 0 saturated heterocycles. The van der Waals surface area contributed by atoms with Crippen molar-refractivity contribution >= 4 is 0 Å². The summed E-state index contributed by atoms with van der Waals surface area (Å²) in [6.07, 6.45) is 7.09. The zero-order valence-corrected chi connectivity index (χ0v) is 11.5. The molecule has 4 heteroatoms. The number of aromatic nitrogens is 1. The first-order chi connectivity index (χ1) is 9.15. The van der Waals surface area contributed by atoms with Crippen LogP contribution >= 0.6 is 0 Å². The summed E-state index contributed by atoms with van der Waals surface area (Å²) in [6.45, 7) is 3.06. The molecule has 0 amide bonds. The molecule has 19 heavy (non-hydrogen) atoms. The molecule has 0 spiro atoms. The second kappa shape index (κ2) is 6.44. The molecule has 1 fully saturated rings. The van der Waals surface area contributed by atoms with Gasteiger partial charge in [0.1, 0.15) is 5.82 Å². The highest BCUT2D eigenvalue weighted by Gasteiger charge is 2.31. The molecule has 2 N–H and O–H groups in total. The molecule has 3 nitrogen and oxygen atoms in total. The van der Waals surface area contributed by atoms with Crippen molar-refractivity contribution in [3.8, 4) is 0 Å². The van der Waals surface area contributed by atoms with Crippen LogP contribution < -0.4 is 5.32 Å². The topological polar surface area (TPSA) is 45.1 Å². The Kier molecular flexibility index (Phi) is 4.88. The average molecular weight is 266 g/mol. The molecule has 1 saturated carbocycles. The van der Waals surface area contributed by atoms with Crippen molar-refractivity contribution < 1.29 is 9.50 Å². The van der Waals surface area contributed by atoms with E-state index in [4.69, 9.17) is 0 Å². The molecule has 0 bridgehead atoms. The first kappa shape index (κ1) is 14.4. The van der Waals surface area contributed by atoms with E-state index in [0.29, 0.717) is 0 Å². The van der Waals surface area contributed by atoms with Gasteiger partial charge in [-0.15, -0.1) is 0 Å². The van der Waals surface area contributed by atoms with Crippen molar-refractivity contribution in [2.24, 2.45) is 5.41 Å². The van der Waals surface area contributed by atoms with Crippen LogP contribution in [-0.2, 0) is 0 Å². The minimum absolute atomic E-state index is 0.0204. The molecule has 1 aromatic heterocycles. The van der Waals surface area contributed by atoms with Crippen LogP contribution in [-0.4, -0.2) is 23.2 Å². The van der Waals surface area contributed by atoms with Crippen molar-refractivity contribution in [3.63, 3.8) is 0 Å². The van der Waals surface area contributed by atoms with E-state index >= 15 is 0 Å². The average Bonchev–Trinajstić information content (AvgIpc) is 2.46. The van der Waals surface area contributed by atoms with Crippen molar-refractivity contribution in [2.75, 3.05) is 13.2 Å². The van der Waals surface area contributed by atoms with Crippen LogP contribution in [0.25, 0.3) is 0 Å². The summed E-state index contributed by atoms with van der Waals surface area (Å²) in [5, 5.41) is 13.1. The normalized spacial score (nSPS) is 20.2. The summed E-state index contributed by atoms with van der Waals surface area (Å²) in [6, 6.07) is 3.22. The molecule has 2 rings (SSSR count). The van der Waals surface area contributed by atoms with Crippen LogP contribution in [0, 0.1) is 11.2 Å². The van der Waals surface area contributed by atoms with Crippen molar-refractivity contribution in [1.82, 2.24) is 10.3 Å². The number of rotatable bonds is 5. The summed E-state index contributed by atoms with van der Waals surface area (Å²) < 4.78 is 12.8. The van der Waals surface area contributed by atoms with Crippen LogP contribution in [0.1, 0.15) is 50.8 Å². The molecular formula is C15H23FN2O. The molecule has 0 radical (unpaired) electrons. The van der Waals surface area contributed by atoms with Gasteiger partial charge in [-0.2, -0.15) is 0 Å². The lowest BCUT2D eigenvalue weighted by Gasteiger charge is -2.36. The van der Waals surface area contributed by atoms with Gasteiger partial charge in [-0.1, -0.05) is 19.3 Å². The zero-order valence-electron chi connectivity index (χ0n) is 11.5. The first-order valence-electron chi connectivity index (χ1n) is 7.11. The van der Waals surface area contributed by atoms with Gasteiger partial charge in [0.05, 0.1) is 11.9 Å². The highest BCUT2D eigenvalue weighted by Crippen LogP contribution is 2.35. The fraction of sp³-hybridized carbons (Fsp3) is 0.667. The summed E-state index contributed by atoms with van der Waals surface area (Å²) >= 11 is 0. The van der Waals surface area contributed by atoms with Gasteiger partial charge in [-0.25, -0.2) is 4.39 Å². The van der Waals surface area contributed by atoms with Gasteiger partial charge in [0.15, 0.2) is 0 Å². The Hall–Kier alpha value is -1.00. The number of nitrogens with zero attached hydrogens (tertiary/aromatic N) is 1. The van der Waals surface area contributed by atoms with Crippen LogP contribution in [0.15, 0.2) is 18.3 Å². The van der Waals surface area contributed by atoms with Crippen molar-refractivity contribution in [1.29, 1.82) is 0 Å². The van der Waals surface area contributed by atoms with Gasteiger partial charge in [-0.05, 0) is 31.9 Å². The zero-order chi connectivity index (χ0) is 13.7. The lowest BCUT2D eigenvalue weighted by molar-refractivity contribution is 0.0787. The first-order valence-corrected chi connectivity index (χ1v) is 7.11. The molecule has 1 atom stereocenters. The number of hydrogen-bond acceptors (Lipinski definition) is 3. The third kappa shape index (κ3) is 3.74. The third-order valence-electron chi connectivity index (χ3n) is 4.23. The van der Waals surface area contributed by atoms with Gasteiger partial charge in [0.25, 0.3) is 0 Å². The third-order valence-corrected chi connectivity index (χ3v) is 4.23. The number of halogens is 1. The van der Waals surface area contributed by atoms with Crippen LogP contribution in [0.4, 0.5) is 4.39 Å². The molecular weight excluding hydrogens is 243 g/mol. The predicted octanol–water partition coefficient (Wildman–Crippen LogP) is 2.81. The van der Waals surface area contributed by atoms with Crippen molar-refractivity contribution in [2.45, 2.75) is 45.1 Å².